The average molecular weight is 559 g/mol. The highest BCUT2D eigenvalue weighted by atomic mass is 31.2. The van der Waals surface area contributed by atoms with Gasteiger partial charge in [0, 0.05) is 12.3 Å². The van der Waals surface area contributed by atoms with Gasteiger partial charge in [0.2, 0.25) is 0 Å². The molecule has 210 valence electrons. The van der Waals surface area contributed by atoms with Gasteiger partial charge in [0.05, 0.1) is 6.10 Å². The molecule has 6 atom stereocenters. The van der Waals surface area contributed by atoms with Gasteiger partial charge in [-0.05, 0) is 39.3 Å². The second-order valence-electron chi connectivity index (χ2n) is 9.03. The Bertz CT molecular complexity index is 1290. The number of halogens is 1. The van der Waals surface area contributed by atoms with Gasteiger partial charge in [0.1, 0.15) is 30.1 Å². The first-order chi connectivity index (χ1) is 17.7. The number of aromatic amines is 1. The molecule has 0 spiro atoms. The molecule has 13 nitrogen and oxygen atoms in total. The number of alkyl halides is 1. The molecule has 0 saturated carbocycles. The molecule has 0 amide bonds. The topological polar surface area (TPSA) is 178 Å². The molecule has 1 aliphatic rings. The van der Waals surface area contributed by atoms with E-state index in [1.165, 1.54) is 26.0 Å². The molecule has 0 radical (unpaired) electrons. The van der Waals surface area contributed by atoms with Gasteiger partial charge >= 0.3 is 19.4 Å². The fourth-order valence-electron chi connectivity index (χ4n) is 3.76. The summed E-state index contributed by atoms with van der Waals surface area (Å²) >= 11 is 0. The minimum atomic E-state index is -4.55. The summed E-state index contributed by atoms with van der Waals surface area (Å²) in [6, 6.07) is 7.42. The molecule has 0 aliphatic carbocycles. The smallest absolute Gasteiger partial charge is 0.459 e. The van der Waals surface area contributed by atoms with Crippen LogP contribution in [0.25, 0.3) is 0 Å². The van der Waals surface area contributed by atoms with Gasteiger partial charge in [0.25, 0.3) is 11.4 Å². The number of hydrogen-bond donors (Lipinski definition) is 4. The first-order valence-corrected chi connectivity index (χ1v) is 13.3. The predicted molar refractivity (Wildman–Crippen MR) is 131 cm³/mol. The van der Waals surface area contributed by atoms with E-state index < -0.39 is 67.5 Å². The van der Waals surface area contributed by atoms with Gasteiger partial charge in [-0.25, -0.2) is 13.8 Å². The van der Waals surface area contributed by atoms with Crippen molar-refractivity contribution < 1.29 is 42.5 Å². The monoisotopic (exact) mass is 559 g/mol. The summed E-state index contributed by atoms with van der Waals surface area (Å²) in [6.07, 6.45) is -3.87. The fourth-order valence-corrected chi connectivity index (χ4v) is 5.26. The Hall–Kier alpha value is -2.87. The Kier molecular flexibility index (Phi) is 8.97. The summed E-state index contributed by atoms with van der Waals surface area (Å²) in [5, 5.41) is 24.2. The number of nitrogens with one attached hydrogen (secondary N) is 2. The zero-order valence-corrected chi connectivity index (χ0v) is 22.1. The summed E-state index contributed by atoms with van der Waals surface area (Å²) < 4.78 is 51.5. The second kappa shape index (κ2) is 11.5. The number of hydrogen-bond acceptors (Lipinski definition) is 10. The summed E-state index contributed by atoms with van der Waals surface area (Å²) in [7, 11) is -4.55. The van der Waals surface area contributed by atoms with E-state index in [0.717, 1.165) is 12.3 Å². The summed E-state index contributed by atoms with van der Waals surface area (Å²) in [6.45, 7) is 4.72. The third-order valence-corrected chi connectivity index (χ3v) is 7.37. The molecule has 1 fully saturated rings. The minimum Gasteiger partial charge on any atom is -0.462 e. The number of carbonyl (C=O) groups is 1. The van der Waals surface area contributed by atoms with Crippen LogP contribution in [0, 0.1) is 0 Å². The average Bonchev–Trinajstić information content (AvgIpc) is 3.05. The number of aliphatic hydroxyl groups is 2. The number of ether oxygens (including phenoxy) is 2. The number of esters is 1. The third kappa shape index (κ3) is 6.40. The largest absolute Gasteiger partial charge is 0.462 e. The highest BCUT2D eigenvalue weighted by molar-refractivity contribution is 7.52. The number of carbonyl (C=O) groups excluding carboxylic acids is 1. The standard InChI is InChI=1S/C23H31FN3O10P/c1-5-22(32)19(30)23(24,36-20(22)27-12-11-17(28)25-21(27)31)13-34-38(33,37-16-9-7-6-8-10-16)26-15(4)18(29)35-14(2)3/h6-12,14-15,19-20,30,32H,5,13H2,1-4H3,(H,26,33)(H,25,28,31)/t15-,19-,20+,22+,23+,38-/m0/s1. The van der Waals surface area contributed by atoms with Crippen LogP contribution in [-0.4, -0.2) is 62.0 Å². The van der Waals surface area contributed by atoms with E-state index in [1.54, 1.807) is 32.0 Å². The van der Waals surface area contributed by atoms with E-state index in [2.05, 4.69) is 5.09 Å². The lowest BCUT2D eigenvalue weighted by Gasteiger charge is -2.31. The number of H-pyrrole nitrogens is 1. The number of rotatable bonds is 11. The Balaban J connectivity index is 1.89. The van der Waals surface area contributed by atoms with Crippen molar-refractivity contribution in [1.29, 1.82) is 0 Å². The van der Waals surface area contributed by atoms with E-state index in [9.17, 15) is 29.2 Å². The molecule has 4 N–H and O–H groups in total. The molecule has 2 aromatic rings. The maximum absolute atomic E-state index is 16.0. The molecule has 3 rings (SSSR count). The minimum absolute atomic E-state index is 0.0521. The van der Waals surface area contributed by atoms with Crippen molar-refractivity contribution in [1.82, 2.24) is 14.6 Å². The van der Waals surface area contributed by atoms with Crippen molar-refractivity contribution in [3.8, 4) is 5.75 Å². The molecule has 1 aromatic heterocycles. The number of benzene rings is 1. The third-order valence-electron chi connectivity index (χ3n) is 5.74. The van der Waals surface area contributed by atoms with Gasteiger partial charge in [-0.15, -0.1) is 0 Å². The van der Waals surface area contributed by atoms with Crippen LogP contribution in [0.4, 0.5) is 4.39 Å². The van der Waals surface area contributed by atoms with E-state index in [-0.39, 0.29) is 12.2 Å². The lowest BCUT2D eigenvalue weighted by molar-refractivity contribution is -0.204. The fraction of sp³-hybridized carbons (Fsp3) is 0.522. The highest BCUT2D eigenvalue weighted by Gasteiger charge is 2.65. The number of nitrogens with zero attached hydrogens (tertiary/aromatic N) is 1. The molecule has 15 heteroatoms. The zero-order chi connectivity index (χ0) is 28.3. The van der Waals surface area contributed by atoms with Gasteiger partial charge in [-0.1, -0.05) is 25.1 Å². The van der Waals surface area contributed by atoms with Crippen molar-refractivity contribution in [2.45, 2.75) is 70.0 Å². The zero-order valence-electron chi connectivity index (χ0n) is 21.2. The maximum Gasteiger partial charge on any atom is 0.459 e. The Morgan fingerprint density at radius 1 is 1.26 bits per heavy atom. The van der Waals surface area contributed by atoms with Crippen LogP contribution in [0.5, 0.6) is 5.75 Å². The van der Waals surface area contributed by atoms with Crippen molar-refractivity contribution in [3.05, 3.63) is 63.4 Å². The molecule has 1 saturated heterocycles. The molecule has 38 heavy (non-hydrogen) atoms. The molecule has 1 aromatic carbocycles. The Labute approximate surface area is 217 Å². The first kappa shape index (κ1) is 29.7. The molecule has 1 aliphatic heterocycles. The maximum atomic E-state index is 16.0. The lowest BCUT2D eigenvalue weighted by Crippen LogP contribution is -2.51. The van der Waals surface area contributed by atoms with Gasteiger partial charge in [-0.2, -0.15) is 5.09 Å². The van der Waals surface area contributed by atoms with Crippen molar-refractivity contribution in [2.75, 3.05) is 6.61 Å². The van der Waals surface area contributed by atoms with Crippen LogP contribution >= 0.6 is 7.75 Å². The first-order valence-electron chi connectivity index (χ1n) is 11.8. The SMILES string of the molecule is CC[C@]1(O)[C@H](n2ccc(=O)[nH]c2=O)O[C@](F)(CO[P@@](=O)(N[C@@H](C)C(=O)OC(C)C)Oc2ccccc2)[C@H]1O. The van der Waals surface area contributed by atoms with Crippen LogP contribution in [0.15, 0.2) is 52.2 Å². The lowest BCUT2D eigenvalue weighted by atomic mass is 9.90. The molecular formula is C23H31FN3O10P. The summed E-state index contributed by atoms with van der Waals surface area (Å²) in [4.78, 5) is 38.0. The molecule has 0 unspecified atom stereocenters. The van der Waals surface area contributed by atoms with Crippen LogP contribution < -0.4 is 20.9 Å². The summed E-state index contributed by atoms with van der Waals surface area (Å²) in [5.74, 6) is -3.94. The van der Waals surface area contributed by atoms with Gasteiger partial charge < -0.3 is 24.2 Å². The summed E-state index contributed by atoms with van der Waals surface area (Å²) in [5.41, 5.74) is -4.12. The molecule has 2 heterocycles. The van der Waals surface area contributed by atoms with Crippen molar-refractivity contribution in [3.63, 3.8) is 0 Å². The van der Waals surface area contributed by atoms with E-state index in [4.69, 9.17) is 18.5 Å². The van der Waals surface area contributed by atoms with Crippen LogP contribution in [-0.2, 0) is 23.4 Å². The van der Waals surface area contributed by atoms with E-state index in [1.807, 2.05) is 4.98 Å². The normalized spacial score (nSPS) is 27.6. The second-order valence-corrected chi connectivity index (χ2v) is 10.7. The molecule has 0 bridgehead atoms. The molecular weight excluding hydrogens is 528 g/mol. The van der Waals surface area contributed by atoms with Gasteiger partial charge in [-0.3, -0.25) is 23.7 Å². The predicted octanol–water partition coefficient (Wildman–Crippen LogP) is 1.37. The van der Waals surface area contributed by atoms with Gasteiger partial charge in [0.15, 0.2) is 6.23 Å². The number of aromatic nitrogens is 2. The highest BCUT2D eigenvalue weighted by Crippen LogP contribution is 2.51. The number of aliphatic hydroxyl groups excluding tert-OH is 1. The van der Waals surface area contributed by atoms with E-state index >= 15 is 4.39 Å². The van der Waals surface area contributed by atoms with Crippen molar-refractivity contribution in [2.24, 2.45) is 0 Å². The van der Waals surface area contributed by atoms with Crippen molar-refractivity contribution >= 4 is 13.7 Å². The van der Waals surface area contributed by atoms with Crippen LogP contribution in [0.3, 0.4) is 0 Å². The number of para-hydroxylation sites is 1. The van der Waals surface area contributed by atoms with Crippen LogP contribution in [0.2, 0.25) is 0 Å². The Morgan fingerprint density at radius 2 is 1.92 bits per heavy atom. The quantitative estimate of drug-likeness (QED) is 0.231. The van der Waals surface area contributed by atoms with Crippen LogP contribution in [0.1, 0.15) is 40.3 Å². The Morgan fingerprint density at radius 3 is 2.50 bits per heavy atom. The van der Waals surface area contributed by atoms with E-state index in [0.29, 0.717) is 4.57 Å².